The second kappa shape index (κ2) is 11.7. The van der Waals surface area contributed by atoms with E-state index in [0.717, 1.165) is 66.2 Å². The molecule has 1 aromatic heterocycles. The SMILES string of the molecule is COc1ccc2c(c1)C(C)C(C)(S(=O)(=O)N1CCCC1)Cn1c-2c(C2CCCCC2)c2ccc(C(=O)NS(=O)(=O)C(C)C)cc21. The van der Waals surface area contributed by atoms with Crippen LogP contribution in [0, 0.1) is 0 Å². The lowest BCUT2D eigenvalue weighted by molar-refractivity contribution is 0.0981. The fraction of sp³-hybridized carbons (Fsp3) is 0.559. The Balaban J connectivity index is 1.65. The van der Waals surface area contributed by atoms with Crippen LogP contribution in [0.2, 0.25) is 0 Å². The summed E-state index contributed by atoms with van der Waals surface area (Å²) in [7, 11) is -5.98. The van der Waals surface area contributed by atoms with Gasteiger partial charge in [0.15, 0.2) is 0 Å². The Hall–Kier alpha value is -2.89. The van der Waals surface area contributed by atoms with Crippen molar-refractivity contribution in [2.24, 2.45) is 0 Å². The Labute approximate surface area is 267 Å². The number of benzene rings is 2. The highest BCUT2D eigenvalue weighted by molar-refractivity contribution is 7.90. The minimum atomic E-state index is -3.84. The van der Waals surface area contributed by atoms with E-state index in [1.165, 1.54) is 25.8 Å². The Morgan fingerprint density at radius 1 is 0.978 bits per heavy atom. The number of fused-ring (bicyclic) bond motifs is 5. The number of ether oxygens (including phenoxy) is 1. The third-order valence-electron chi connectivity index (χ3n) is 10.6. The molecule has 2 fully saturated rings. The quantitative estimate of drug-likeness (QED) is 0.327. The summed E-state index contributed by atoms with van der Waals surface area (Å²) in [4.78, 5) is 13.3. The molecule has 3 heterocycles. The predicted octanol–water partition coefficient (Wildman–Crippen LogP) is 6.13. The minimum Gasteiger partial charge on any atom is -0.497 e. The van der Waals surface area contributed by atoms with Crippen molar-refractivity contribution < 1.29 is 26.4 Å². The number of aromatic nitrogens is 1. The van der Waals surface area contributed by atoms with Gasteiger partial charge in [0.25, 0.3) is 5.91 Å². The van der Waals surface area contributed by atoms with E-state index in [9.17, 15) is 21.6 Å². The molecule has 0 radical (unpaired) electrons. The smallest absolute Gasteiger partial charge is 0.264 e. The molecule has 1 amide bonds. The summed E-state index contributed by atoms with van der Waals surface area (Å²) < 4.78 is 64.9. The zero-order valence-electron chi connectivity index (χ0n) is 26.9. The third kappa shape index (κ3) is 5.28. The van der Waals surface area contributed by atoms with Gasteiger partial charge in [0.05, 0.1) is 18.1 Å². The largest absolute Gasteiger partial charge is 0.497 e. The summed E-state index contributed by atoms with van der Waals surface area (Å²) in [5.41, 5.74) is 5.06. The number of rotatable bonds is 7. The van der Waals surface area contributed by atoms with Gasteiger partial charge >= 0.3 is 0 Å². The Morgan fingerprint density at radius 3 is 2.31 bits per heavy atom. The van der Waals surface area contributed by atoms with E-state index < -0.39 is 36.0 Å². The van der Waals surface area contributed by atoms with Crippen molar-refractivity contribution in [3.63, 3.8) is 0 Å². The van der Waals surface area contributed by atoms with Gasteiger partial charge in [0.1, 0.15) is 10.5 Å². The lowest BCUT2D eigenvalue weighted by atomic mass is 9.80. The van der Waals surface area contributed by atoms with E-state index in [4.69, 9.17) is 4.74 Å². The molecule has 11 heteroatoms. The lowest BCUT2D eigenvalue weighted by Crippen LogP contribution is -2.50. The lowest BCUT2D eigenvalue weighted by Gasteiger charge is -2.38. The molecular weight excluding hydrogens is 611 g/mol. The van der Waals surface area contributed by atoms with Gasteiger partial charge in [0, 0.05) is 47.6 Å². The van der Waals surface area contributed by atoms with Crippen molar-refractivity contribution in [3.8, 4) is 17.0 Å². The molecule has 244 valence electrons. The first kappa shape index (κ1) is 32.1. The average Bonchev–Trinajstić information content (AvgIpc) is 3.66. The van der Waals surface area contributed by atoms with Crippen LogP contribution in [-0.2, 0) is 26.6 Å². The molecule has 2 unspecified atom stereocenters. The van der Waals surface area contributed by atoms with Gasteiger partial charge in [-0.2, -0.15) is 0 Å². The van der Waals surface area contributed by atoms with Crippen molar-refractivity contribution in [1.29, 1.82) is 0 Å². The second-order valence-electron chi connectivity index (χ2n) is 13.5. The highest BCUT2D eigenvalue weighted by Gasteiger charge is 2.51. The molecular formula is C34H45N3O6S2. The molecule has 1 saturated carbocycles. The fourth-order valence-electron chi connectivity index (χ4n) is 7.63. The highest BCUT2D eigenvalue weighted by atomic mass is 32.2. The zero-order valence-corrected chi connectivity index (χ0v) is 28.6. The number of hydrogen-bond donors (Lipinski definition) is 1. The standard InChI is InChI=1S/C34H45N3O6S2/c1-22(2)44(39,40)35-33(38)25-13-15-28-30(19-25)37-21-34(4,45(41,42)36-17-9-10-18-36)23(3)29-20-26(43-5)14-16-27(29)32(37)31(28)24-11-7-6-8-12-24/h13-16,19-20,22-24H,6-12,17-18,21H2,1-5H3,(H,35,38). The van der Waals surface area contributed by atoms with Crippen molar-refractivity contribution >= 4 is 36.9 Å². The number of nitrogens with one attached hydrogen (secondary N) is 1. The number of carbonyl (C=O) groups is 1. The first-order valence-electron chi connectivity index (χ1n) is 16.2. The minimum absolute atomic E-state index is 0.192. The van der Waals surface area contributed by atoms with E-state index in [1.54, 1.807) is 23.5 Å². The van der Waals surface area contributed by atoms with Gasteiger partial charge in [-0.15, -0.1) is 0 Å². The third-order valence-corrected chi connectivity index (χ3v) is 15.0. The zero-order chi connectivity index (χ0) is 32.3. The maximum Gasteiger partial charge on any atom is 0.264 e. The number of hydrogen-bond acceptors (Lipinski definition) is 6. The summed E-state index contributed by atoms with van der Waals surface area (Å²) >= 11 is 0. The molecule has 0 spiro atoms. The normalized spacial score (nSPS) is 23.1. The summed E-state index contributed by atoms with van der Waals surface area (Å²) in [6.07, 6.45) is 7.19. The molecule has 2 atom stereocenters. The van der Waals surface area contributed by atoms with Gasteiger partial charge in [0.2, 0.25) is 20.0 Å². The molecule has 6 rings (SSSR count). The molecule has 1 aliphatic carbocycles. The van der Waals surface area contributed by atoms with Crippen LogP contribution in [0.25, 0.3) is 22.2 Å². The van der Waals surface area contributed by atoms with E-state index in [-0.39, 0.29) is 23.9 Å². The number of methoxy groups -OCH3 is 1. The van der Waals surface area contributed by atoms with Crippen LogP contribution < -0.4 is 9.46 Å². The molecule has 3 aliphatic rings. The van der Waals surface area contributed by atoms with E-state index in [2.05, 4.69) is 15.4 Å². The average molecular weight is 656 g/mol. The maximum absolute atomic E-state index is 14.6. The molecule has 2 aliphatic heterocycles. The molecule has 1 saturated heterocycles. The van der Waals surface area contributed by atoms with Crippen LogP contribution in [0.5, 0.6) is 5.75 Å². The van der Waals surface area contributed by atoms with E-state index in [1.807, 2.05) is 32.0 Å². The van der Waals surface area contributed by atoms with Crippen LogP contribution in [0.15, 0.2) is 36.4 Å². The van der Waals surface area contributed by atoms with Crippen LogP contribution in [0.4, 0.5) is 0 Å². The van der Waals surface area contributed by atoms with Gasteiger partial charge < -0.3 is 9.30 Å². The van der Waals surface area contributed by atoms with Crippen molar-refractivity contribution in [2.45, 2.75) is 101 Å². The van der Waals surface area contributed by atoms with Crippen LogP contribution in [-0.4, -0.2) is 61.8 Å². The summed E-state index contributed by atoms with van der Waals surface area (Å²) in [6.45, 7) is 8.14. The van der Waals surface area contributed by atoms with Crippen LogP contribution in [0.1, 0.15) is 106 Å². The van der Waals surface area contributed by atoms with Gasteiger partial charge in [-0.1, -0.05) is 32.3 Å². The molecule has 2 aromatic carbocycles. The topological polar surface area (TPSA) is 115 Å². The number of carbonyl (C=O) groups excluding carboxylic acids is 1. The van der Waals surface area contributed by atoms with Crippen molar-refractivity contribution in [2.75, 3.05) is 20.2 Å². The van der Waals surface area contributed by atoms with Crippen molar-refractivity contribution in [1.82, 2.24) is 13.6 Å². The Morgan fingerprint density at radius 2 is 1.67 bits per heavy atom. The predicted molar refractivity (Wildman–Crippen MR) is 178 cm³/mol. The first-order chi connectivity index (χ1) is 21.3. The molecule has 1 N–H and O–H groups in total. The number of amides is 1. The van der Waals surface area contributed by atoms with Gasteiger partial charge in [-0.25, -0.2) is 25.9 Å². The summed E-state index contributed by atoms with van der Waals surface area (Å²) in [5, 5.41) is 0.219. The van der Waals surface area contributed by atoms with Gasteiger partial charge in [-0.05, 0) is 93.8 Å². The molecule has 9 nitrogen and oxygen atoms in total. The number of nitrogens with zero attached hydrogens (tertiary/aromatic N) is 2. The van der Waals surface area contributed by atoms with Crippen LogP contribution >= 0.6 is 0 Å². The Kier molecular flexibility index (Phi) is 8.35. The maximum atomic E-state index is 14.6. The molecule has 0 bridgehead atoms. The van der Waals surface area contributed by atoms with E-state index >= 15 is 0 Å². The fourth-order valence-corrected chi connectivity index (χ4v) is 10.4. The highest BCUT2D eigenvalue weighted by Crippen LogP contribution is 2.52. The van der Waals surface area contributed by atoms with Crippen LogP contribution in [0.3, 0.4) is 0 Å². The number of sulfonamides is 2. The molecule has 45 heavy (non-hydrogen) atoms. The molecule has 3 aromatic rings. The summed E-state index contributed by atoms with van der Waals surface area (Å²) in [5.74, 6) is -0.108. The monoisotopic (exact) mass is 655 g/mol. The van der Waals surface area contributed by atoms with Crippen molar-refractivity contribution in [3.05, 3.63) is 53.1 Å². The first-order valence-corrected chi connectivity index (χ1v) is 19.2. The second-order valence-corrected chi connectivity index (χ2v) is 18.2. The summed E-state index contributed by atoms with van der Waals surface area (Å²) in [6, 6.07) is 11.3. The van der Waals surface area contributed by atoms with Gasteiger partial charge in [-0.3, -0.25) is 4.79 Å². The Bertz CT molecular complexity index is 1850. The van der Waals surface area contributed by atoms with E-state index in [0.29, 0.717) is 18.8 Å².